The van der Waals surface area contributed by atoms with Crippen LogP contribution in [0.15, 0.2) is 0 Å². The Labute approximate surface area is 162 Å². The monoisotopic (exact) mass is 344 g/mol. The van der Waals surface area contributed by atoms with Crippen molar-refractivity contribution in [3.8, 4) is 0 Å². The smallest absolute Gasteiger partial charge is 0.380 e. The molecular formula is C12H31B2N2NaO4S. The van der Waals surface area contributed by atoms with Gasteiger partial charge in [-0.05, 0) is 0 Å². The topological polar surface area (TPSA) is 127 Å². The Bertz CT molecular complexity index is 231. The van der Waals surface area contributed by atoms with Gasteiger partial charge in [-0.2, -0.15) is 14.8 Å². The molecule has 0 fully saturated rings. The summed E-state index contributed by atoms with van der Waals surface area (Å²) < 4.78 is 31.6. The predicted molar refractivity (Wildman–Crippen MR) is 91.3 cm³/mol. The molecule has 0 aliphatic rings. The van der Waals surface area contributed by atoms with Crippen molar-refractivity contribution < 1.29 is 47.1 Å². The second-order valence-electron chi connectivity index (χ2n) is 4.13. The molecule has 6 N–H and O–H groups in total. The zero-order chi connectivity index (χ0) is 17.6. The maximum Gasteiger partial charge on any atom is 1.00 e. The van der Waals surface area contributed by atoms with Crippen LogP contribution in [0.5, 0.6) is 0 Å². The second-order valence-corrected chi connectivity index (χ2v) is 5.03. The minimum absolute atomic E-state index is 0. The van der Waals surface area contributed by atoms with Gasteiger partial charge in [0.05, 0.1) is 0 Å². The summed E-state index contributed by atoms with van der Waals surface area (Å²) >= 11 is 0. The van der Waals surface area contributed by atoms with E-state index in [0.29, 0.717) is 0 Å². The molecule has 22 heavy (non-hydrogen) atoms. The maximum atomic E-state index is 8.74. The fraction of sp³-hybridized carbons (Fsp3) is 0.917. The molecule has 0 aromatic rings. The van der Waals surface area contributed by atoms with Crippen LogP contribution in [0.2, 0.25) is 0 Å². The van der Waals surface area contributed by atoms with Crippen molar-refractivity contribution in [2.75, 3.05) is 0 Å². The first-order valence-corrected chi connectivity index (χ1v) is 8.47. The van der Waals surface area contributed by atoms with E-state index in [1.165, 1.54) is 57.8 Å². The van der Waals surface area contributed by atoms with Gasteiger partial charge in [0, 0.05) is 0 Å². The Morgan fingerprint density at radius 1 is 0.818 bits per heavy atom. The van der Waals surface area contributed by atoms with Crippen molar-refractivity contribution in [3.05, 3.63) is 6.92 Å². The summed E-state index contributed by atoms with van der Waals surface area (Å²) in [5.74, 6) is 0. The zero-order valence-corrected chi connectivity index (χ0v) is 17.0. The molecule has 0 atom stereocenters. The molecule has 0 aliphatic carbocycles. The SMILES string of the molecule is O=S(=O)(O)O.[B]N.[B]N.[CH2-]CCCCCCCCCCC.[Na+]. The van der Waals surface area contributed by atoms with Gasteiger partial charge in [0.1, 0.15) is 0 Å². The molecule has 0 amide bonds. The molecule has 126 valence electrons. The van der Waals surface area contributed by atoms with Crippen LogP contribution < -0.4 is 40.8 Å². The van der Waals surface area contributed by atoms with Gasteiger partial charge in [-0.1, -0.05) is 64.7 Å². The van der Waals surface area contributed by atoms with E-state index in [9.17, 15) is 0 Å². The summed E-state index contributed by atoms with van der Waals surface area (Å²) in [6.45, 7) is 6.12. The van der Waals surface area contributed by atoms with Crippen LogP contribution in [-0.2, 0) is 10.4 Å². The number of hydrogen-bond donors (Lipinski definition) is 4. The molecule has 0 unspecified atom stereocenters. The molecular weight excluding hydrogens is 313 g/mol. The first kappa shape index (κ1) is 34.3. The van der Waals surface area contributed by atoms with Crippen LogP contribution in [-0.4, -0.2) is 33.5 Å². The maximum absolute atomic E-state index is 8.74. The van der Waals surface area contributed by atoms with Gasteiger partial charge >= 0.3 is 40.0 Å². The molecule has 10 heteroatoms. The molecule has 0 spiro atoms. The van der Waals surface area contributed by atoms with Gasteiger partial charge in [-0.25, -0.2) is 0 Å². The van der Waals surface area contributed by atoms with Crippen molar-refractivity contribution in [2.45, 2.75) is 71.1 Å². The summed E-state index contributed by atoms with van der Waals surface area (Å²) in [7, 11) is 3.33. The molecule has 4 radical (unpaired) electrons. The van der Waals surface area contributed by atoms with Crippen molar-refractivity contribution in [2.24, 2.45) is 11.3 Å². The van der Waals surface area contributed by atoms with Gasteiger partial charge < -0.3 is 18.2 Å². The number of rotatable bonds is 9. The van der Waals surface area contributed by atoms with Gasteiger partial charge in [0.15, 0.2) is 16.0 Å². The van der Waals surface area contributed by atoms with Crippen LogP contribution >= 0.6 is 0 Å². The van der Waals surface area contributed by atoms with E-state index >= 15 is 0 Å². The number of unbranched alkanes of at least 4 members (excludes halogenated alkanes) is 9. The van der Waals surface area contributed by atoms with Crippen LogP contribution in [0.1, 0.15) is 71.1 Å². The van der Waals surface area contributed by atoms with E-state index in [2.05, 4.69) is 41.1 Å². The predicted octanol–water partition coefficient (Wildman–Crippen LogP) is -0.850. The van der Waals surface area contributed by atoms with Gasteiger partial charge in [-0.15, -0.1) is 0 Å². The van der Waals surface area contributed by atoms with E-state index in [4.69, 9.17) is 17.5 Å². The van der Waals surface area contributed by atoms with Crippen LogP contribution in [0.3, 0.4) is 0 Å². The molecule has 6 nitrogen and oxygen atoms in total. The minimum Gasteiger partial charge on any atom is -0.380 e. The van der Waals surface area contributed by atoms with Crippen LogP contribution in [0.25, 0.3) is 0 Å². The summed E-state index contributed by atoms with van der Waals surface area (Å²) in [6, 6.07) is 0. The normalized spacial score (nSPS) is 8.82. The average molecular weight is 344 g/mol. The third-order valence-corrected chi connectivity index (χ3v) is 2.35. The van der Waals surface area contributed by atoms with Gasteiger partial charge in [0.25, 0.3) is 0 Å². The van der Waals surface area contributed by atoms with E-state index in [-0.39, 0.29) is 29.6 Å². The molecule has 0 aliphatic heterocycles. The van der Waals surface area contributed by atoms with E-state index in [0.717, 1.165) is 6.42 Å². The third kappa shape index (κ3) is 84.4. The van der Waals surface area contributed by atoms with E-state index in [1.54, 1.807) is 0 Å². The fourth-order valence-corrected chi connectivity index (χ4v) is 1.49. The minimum atomic E-state index is -4.67. The number of hydrogen-bond acceptors (Lipinski definition) is 4. The largest absolute Gasteiger partial charge is 1.00 e. The molecule has 0 saturated carbocycles. The van der Waals surface area contributed by atoms with E-state index < -0.39 is 10.4 Å². The third-order valence-electron chi connectivity index (χ3n) is 2.35. The molecule has 0 saturated heterocycles. The summed E-state index contributed by atoms with van der Waals surface area (Å²) in [5, 5.41) is 0. The zero-order valence-electron chi connectivity index (χ0n) is 14.2. The molecule has 0 heterocycles. The molecule has 0 aromatic heterocycles. The van der Waals surface area contributed by atoms with Gasteiger partial charge in [0.2, 0.25) is 0 Å². The standard InChI is InChI=1S/C12H25.2BH2N.Na.H2O4S/c1-3-5-7-9-11-12-10-8-6-4-2;2*1-2;;1-5(2,3)4/h1,3-12H2,2H3;2*2H2;;(H2,1,2,3,4)/q-1;;;+1;. The summed E-state index contributed by atoms with van der Waals surface area (Å²) in [4.78, 5) is 0. The summed E-state index contributed by atoms with van der Waals surface area (Å²) in [6.07, 6.45) is 13.9. The average Bonchev–Trinajstić information content (AvgIpc) is 2.44. The number of nitrogens with two attached hydrogens (primary N) is 2. The Morgan fingerprint density at radius 3 is 1.27 bits per heavy atom. The molecule has 0 rings (SSSR count). The Morgan fingerprint density at radius 2 is 1.05 bits per heavy atom. The van der Waals surface area contributed by atoms with Crippen molar-refractivity contribution in [1.29, 1.82) is 0 Å². The first-order valence-electron chi connectivity index (χ1n) is 7.07. The van der Waals surface area contributed by atoms with E-state index in [1.807, 2.05) is 0 Å². The van der Waals surface area contributed by atoms with Crippen LogP contribution in [0.4, 0.5) is 0 Å². The van der Waals surface area contributed by atoms with Crippen LogP contribution in [0, 0.1) is 6.92 Å². The Hall–Kier alpha value is 0.920. The summed E-state index contributed by atoms with van der Waals surface area (Å²) in [5.41, 5.74) is 8.00. The van der Waals surface area contributed by atoms with Crippen molar-refractivity contribution in [1.82, 2.24) is 0 Å². The van der Waals surface area contributed by atoms with Crippen molar-refractivity contribution >= 4 is 26.4 Å². The Kier molecular flexibility index (Phi) is 52.2. The fourth-order valence-electron chi connectivity index (χ4n) is 1.49. The second kappa shape index (κ2) is 33.5. The molecule has 0 bridgehead atoms. The molecule has 0 aromatic carbocycles. The van der Waals surface area contributed by atoms with Crippen molar-refractivity contribution in [3.63, 3.8) is 0 Å². The first-order chi connectivity index (χ1) is 9.91. The quantitative estimate of drug-likeness (QED) is 0.187. The Balaban J connectivity index is -0.0000000813. The van der Waals surface area contributed by atoms with Gasteiger partial charge in [-0.3, -0.25) is 9.11 Å².